The average molecular weight is 257 g/mol. The summed E-state index contributed by atoms with van der Waals surface area (Å²) in [5, 5.41) is 3.59. The van der Waals surface area contributed by atoms with Gasteiger partial charge in [0.1, 0.15) is 0 Å². The first-order chi connectivity index (χ1) is 9.23. The molecule has 1 aliphatic carbocycles. The van der Waals surface area contributed by atoms with Gasteiger partial charge in [-0.25, -0.2) is 0 Å². The smallest absolute Gasteiger partial charge is 0.0625 e. The number of ether oxygens (including phenoxy) is 1. The van der Waals surface area contributed by atoms with Gasteiger partial charge in [0.25, 0.3) is 0 Å². The summed E-state index contributed by atoms with van der Waals surface area (Å²) in [6, 6.07) is 9.08. The number of anilines is 1. The maximum absolute atomic E-state index is 5.91. The molecule has 19 heavy (non-hydrogen) atoms. The SMILES string of the molecule is CC1(c2ccc(NCC3CC4CCC3O4)cc2)CC1. The standard InChI is InChI=1S/C17H23NO/c1-17(8-9-17)13-2-4-14(5-3-13)18-11-12-10-15-6-7-16(12)19-15/h2-5,12,15-16,18H,6-11H2,1H3. The fourth-order valence-corrected chi connectivity index (χ4v) is 3.67. The molecule has 0 aromatic heterocycles. The van der Waals surface area contributed by atoms with E-state index < -0.39 is 0 Å². The second kappa shape index (κ2) is 4.24. The number of hydrogen-bond donors (Lipinski definition) is 1. The Balaban J connectivity index is 1.35. The number of rotatable bonds is 4. The predicted molar refractivity (Wildman–Crippen MR) is 77.5 cm³/mol. The lowest BCUT2D eigenvalue weighted by Crippen LogP contribution is -2.24. The summed E-state index contributed by atoms with van der Waals surface area (Å²) in [6.07, 6.45) is 7.61. The molecular weight excluding hydrogens is 234 g/mol. The van der Waals surface area contributed by atoms with Gasteiger partial charge >= 0.3 is 0 Å². The highest BCUT2D eigenvalue weighted by Gasteiger charge is 2.40. The largest absolute Gasteiger partial charge is 0.385 e. The van der Waals surface area contributed by atoms with Crippen molar-refractivity contribution in [2.75, 3.05) is 11.9 Å². The molecule has 3 unspecified atom stereocenters. The van der Waals surface area contributed by atoms with Crippen LogP contribution in [0.2, 0.25) is 0 Å². The van der Waals surface area contributed by atoms with Crippen LogP contribution >= 0.6 is 0 Å². The highest BCUT2D eigenvalue weighted by molar-refractivity contribution is 5.47. The van der Waals surface area contributed by atoms with E-state index in [0.29, 0.717) is 17.6 Å². The zero-order valence-corrected chi connectivity index (χ0v) is 11.7. The van der Waals surface area contributed by atoms with E-state index in [1.807, 2.05) is 0 Å². The molecule has 2 aliphatic heterocycles. The number of fused-ring (bicyclic) bond motifs is 2. The third kappa shape index (κ3) is 2.16. The van der Waals surface area contributed by atoms with Crippen molar-refractivity contribution in [2.24, 2.45) is 5.92 Å². The molecule has 2 heteroatoms. The summed E-state index contributed by atoms with van der Waals surface area (Å²) < 4.78 is 5.91. The molecule has 3 fully saturated rings. The lowest BCUT2D eigenvalue weighted by atomic mass is 9.89. The van der Waals surface area contributed by atoms with E-state index in [0.717, 1.165) is 12.5 Å². The van der Waals surface area contributed by atoms with Crippen LogP contribution in [0.5, 0.6) is 0 Å². The van der Waals surface area contributed by atoms with E-state index in [9.17, 15) is 0 Å². The third-order valence-corrected chi connectivity index (χ3v) is 5.38. The first kappa shape index (κ1) is 11.8. The van der Waals surface area contributed by atoms with Gasteiger partial charge < -0.3 is 10.1 Å². The Hall–Kier alpha value is -1.02. The van der Waals surface area contributed by atoms with Crippen molar-refractivity contribution in [2.45, 2.75) is 56.7 Å². The maximum atomic E-state index is 5.91. The van der Waals surface area contributed by atoms with E-state index in [2.05, 4.69) is 36.5 Å². The Morgan fingerprint density at radius 1 is 1.21 bits per heavy atom. The van der Waals surface area contributed by atoms with Gasteiger partial charge in [-0.3, -0.25) is 0 Å². The summed E-state index contributed by atoms with van der Waals surface area (Å²) in [5.74, 6) is 0.722. The second-order valence-electron chi connectivity index (χ2n) is 6.89. The first-order valence-corrected chi connectivity index (χ1v) is 7.73. The Bertz CT molecular complexity index is 463. The van der Waals surface area contributed by atoms with Crippen molar-refractivity contribution >= 4 is 5.69 Å². The summed E-state index contributed by atoms with van der Waals surface area (Å²) in [4.78, 5) is 0. The molecule has 4 rings (SSSR count). The molecule has 1 aromatic carbocycles. The summed E-state index contributed by atoms with van der Waals surface area (Å²) in [6.45, 7) is 3.43. The monoisotopic (exact) mass is 257 g/mol. The minimum atomic E-state index is 0.483. The first-order valence-electron chi connectivity index (χ1n) is 7.73. The molecule has 102 valence electrons. The van der Waals surface area contributed by atoms with E-state index in [-0.39, 0.29) is 0 Å². The molecule has 3 aliphatic rings. The normalized spacial score (nSPS) is 34.5. The van der Waals surface area contributed by atoms with Crippen LogP contribution in [0.3, 0.4) is 0 Å². The van der Waals surface area contributed by atoms with Gasteiger partial charge in [0.15, 0.2) is 0 Å². The summed E-state index contributed by atoms with van der Waals surface area (Å²) in [7, 11) is 0. The van der Waals surface area contributed by atoms with Crippen molar-refractivity contribution in [3.8, 4) is 0 Å². The third-order valence-electron chi connectivity index (χ3n) is 5.38. The molecule has 3 atom stereocenters. The minimum absolute atomic E-state index is 0.483. The van der Waals surface area contributed by atoms with Crippen LogP contribution in [0.4, 0.5) is 5.69 Å². The molecule has 2 saturated heterocycles. The van der Waals surface area contributed by atoms with Crippen LogP contribution in [-0.4, -0.2) is 18.8 Å². The molecule has 1 N–H and O–H groups in total. The van der Waals surface area contributed by atoms with Gasteiger partial charge in [-0.1, -0.05) is 19.1 Å². The van der Waals surface area contributed by atoms with Crippen molar-refractivity contribution < 1.29 is 4.74 Å². The highest BCUT2D eigenvalue weighted by Crippen LogP contribution is 2.47. The Labute approximate surface area is 115 Å². The molecule has 2 bridgehead atoms. The van der Waals surface area contributed by atoms with E-state index in [4.69, 9.17) is 4.74 Å². The molecule has 2 heterocycles. The van der Waals surface area contributed by atoms with Gasteiger partial charge in [-0.15, -0.1) is 0 Å². The highest BCUT2D eigenvalue weighted by atomic mass is 16.5. The van der Waals surface area contributed by atoms with Crippen LogP contribution in [0.25, 0.3) is 0 Å². The molecule has 2 nitrogen and oxygen atoms in total. The number of benzene rings is 1. The quantitative estimate of drug-likeness (QED) is 0.887. The number of nitrogens with one attached hydrogen (secondary N) is 1. The van der Waals surface area contributed by atoms with E-state index in [1.165, 1.54) is 43.4 Å². The van der Waals surface area contributed by atoms with Crippen LogP contribution in [0.1, 0.15) is 44.6 Å². The molecule has 0 spiro atoms. The lowest BCUT2D eigenvalue weighted by molar-refractivity contribution is 0.0941. The summed E-state index contributed by atoms with van der Waals surface area (Å²) in [5.41, 5.74) is 3.24. The van der Waals surface area contributed by atoms with Crippen molar-refractivity contribution in [3.63, 3.8) is 0 Å². The van der Waals surface area contributed by atoms with E-state index >= 15 is 0 Å². The Kier molecular flexibility index (Phi) is 2.63. The van der Waals surface area contributed by atoms with Crippen LogP contribution in [0, 0.1) is 5.92 Å². The maximum Gasteiger partial charge on any atom is 0.0625 e. The van der Waals surface area contributed by atoms with Gasteiger partial charge in [0.05, 0.1) is 12.2 Å². The summed E-state index contributed by atoms with van der Waals surface area (Å²) >= 11 is 0. The zero-order valence-electron chi connectivity index (χ0n) is 11.7. The van der Waals surface area contributed by atoms with Crippen LogP contribution in [-0.2, 0) is 10.2 Å². The van der Waals surface area contributed by atoms with Crippen LogP contribution < -0.4 is 5.32 Å². The van der Waals surface area contributed by atoms with Gasteiger partial charge in [0.2, 0.25) is 0 Å². The Morgan fingerprint density at radius 2 is 2.00 bits per heavy atom. The zero-order chi connectivity index (χ0) is 12.9. The van der Waals surface area contributed by atoms with Crippen molar-refractivity contribution in [3.05, 3.63) is 29.8 Å². The topological polar surface area (TPSA) is 21.3 Å². The van der Waals surface area contributed by atoms with Gasteiger partial charge in [-0.05, 0) is 55.2 Å². The van der Waals surface area contributed by atoms with Gasteiger partial charge in [0, 0.05) is 18.2 Å². The lowest BCUT2D eigenvalue weighted by Gasteiger charge is -2.19. The molecule has 1 saturated carbocycles. The minimum Gasteiger partial charge on any atom is -0.385 e. The van der Waals surface area contributed by atoms with Crippen LogP contribution in [0.15, 0.2) is 24.3 Å². The predicted octanol–water partition coefficient (Wildman–Crippen LogP) is 3.72. The number of hydrogen-bond acceptors (Lipinski definition) is 2. The fourth-order valence-electron chi connectivity index (χ4n) is 3.67. The average Bonchev–Trinajstić information content (AvgIpc) is 2.89. The Morgan fingerprint density at radius 3 is 2.58 bits per heavy atom. The molecule has 0 amide bonds. The van der Waals surface area contributed by atoms with Crippen molar-refractivity contribution in [1.29, 1.82) is 0 Å². The second-order valence-corrected chi connectivity index (χ2v) is 6.89. The molecule has 1 aromatic rings. The molecular formula is C17H23NO. The van der Waals surface area contributed by atoms with Crippen molar-refractivity contribution in [1.82, 2.24) is 0 Å². The fraction of sp³-hybridized carbons (Fsp3) is 0.647. The molecule has 0 radical (unpaired) electrons. The van der Waals surface area contributed by atoms with Gasteiger partial charge in [-0.2, -0.15) is 0 Å². The van der Waals surface area contributed by atoms with E-state index in [1.54, 1.807) is 0 Å².